The van der Waals surface area contributed by atoms with Gasteiger partial charge in [-0.2, -0.15) is 8.78 Å². The number of rotatable bonds is 9. The van der Waals surface area contributed by atoms with Gasteiger partial charge in [-0.05, 0) is 73.5 Å². The summed E-state index contributed by atoms with van der Waals surface area (Å²) in [6.07, 6.45) is 10.3. The van der Waals surface area contributed by atoms with E-state index in [1.165, 1.54) is 57.8 Å². The quantitative estimate of drug-likeness (QED) is 0.129. The SMILES string of the molecule is CCCCCC1CCCC(C2CCC(c3cc(F)c(C(F)(F)Oc4cc(F)c(F)c(F)c4)c(F)c3)CC2)CC1. The first-order valence-corrected chi connectivity index (χ1v) is 14.3. The molecular formula is C31H37F7O. The Morgan fingerprint density at radius 1 is 0.718 bits per heavy atom. The maximum atomic E-state index is 14.8. The number of unbranched alkanes of at least 4 members (excludes halogenated alkanes) is 2. The third kappa shape index (κ3) is 7.29. The van der Waals surface area contributed by atoms with Crippen LogP contribution in [0.2, 0.25) is 0 Å². The van der Waals surface area contributed by atoms with E-state index in [9.17, 15) is 30.7 Å². The monoisotopic (exact) mass is 558 g/mol. The summed E-state index contributed by atoms with van der Waals surface area (Å²) >= 11 is 0. The van der Waals surface area contributed by atoms with Gasteiger partial charge < -0.3 is 4.74 Å². The second-order valence-corrected chi connectivity index (χ2v) is 11.4. The van der Waals surface area contributed by atoms with E-state index in [-0.39, 0.29) is 18.1 Å². The lowest BCUT2D eigenvalue weighted by Crippen LogP contribution is -2.26. The van der Waals surface area contributed by atoms with Gasteiger partial charge in [0, 0.05) is 12.1 Å². The molecule has 2 atom stereocenters. The van der Waals surface area contributed by atoms with Crippen molar-refractivity contribution in [1.82, 2.24) is 0 Å². The van der Waals surface area contributed by atoms with Gasteiger partial charge in [-0.3, -0.25) is 0 Å². The number of hydrogen-bond donors (Lipinski definition) is 0. The molecule has 0 heterocycles. The topological polar surface area (TPSA) is 9.23 Å². The second-order valence-electron chi connectivity index (χ2n) is 11.4. The van der Waals surface area contributed by atoms with Crippen LogP contribution in [0.5, 0.6) is 5.75 Å². The summed E-state index contributed by atoms with van der Waals surface area (Å²) in [7, 11) is 0. The Labute approximate surface area is 226 Å². The molecule has 0 spiro atoms. The molecule has 0 saturated heterocycles. The van der Waals surface area contributed by atoms with Gasteiger partial charge in [0.15, 0.2) is 17.5 Å². The lowest BCUT2D eigenvalue weighted by atomic mass is 9.71. The van der Waals surface area contributed by atoms with Crippen molar-refractivity contribution in [3.8, 4) is 5.75 Å². The van der Waals surface area contributed by atoms with Crippen molar-refractivity contribution in [3.05, 3.63) is 64.5 Å². The van der Waals surface area contributed by atoms with Gasteiger partial charge in [-0.15, -0.1) is 0 Å². The first kappa shape index (κ1) is 29.7. The van der Waals surface area contributed by atoms with Crippen LogP contribution in [0.15, 0.2) is 24.3 Å². The predicted octanol–water partition coefficient (Wildman–Crippen LogP) is 10.6. The molecule has 2 unspecified atom stereocenters. The largest absolute Gasteiger partial charge is 0.432 e. The Morgan fingerprint density at radius 3 is 1.92 bits per heavy atom. The van der Waals surface area contributed by atoms with Crippen molar-refractivity contribution >= 4 is 0 Å². The average Bonchev–Trinajstić information content (AvgIpc) is 3.12. The van der Waals surface area contributed by atoms with Crippen LogP contribution in [-0.4, -0.2) is 0 Å². The highest BCUT2D eigenvalue weighted by Gasteiger charge is 2.42. The van der Waals surface area contributed by atoms with E-state index >= 15 is 0 Å². The maximum Gasteiger partial charge on any atom is 0.432 e. The van der Waals surface area contributed by atoms with E-state index in [1.54, 1.807) is 0 Å². The van der Waals surface area contributed by atoms with Gasteiger partial charge >= 0.3 is 6.11 Å². The lowest BCUT2D eigenvalue weighted by molar-refractivity contribution is -0.189. The van der Waals surface area contributed by atoms with Crippen molar-refractivity contribution in [2.45, 2.75) is 102 Å². The van der Waals surface area contributed by atoms with Gasteiger partial charge in [-0.25, -0.2) is 22.0 Å². The summed E-state index contributed by atoms with van der Waals surface area (Å²) in [5.74, 6) is -7.54. The van der Waals surface area contributed by atoms with Gasteiger partial charge in [0.1, 0.15) is 22.9 Å². The Hall–Kier alpha value is -2.25. The molecule has 0 aromatic heterocycles. The average molecular weight is 559 g/mol. The molecule has 2 aliphatic carbocycles. The highest BCUT2D eigenvalue weighted by molar-refractivity contribution is 5.33. The molecule has 2 fully saturated rings. The molecule has 8 heteroatoms. The first-order chi connectivity index (χ1) is 18.6. The standard InChI is InChI=1S/C31H37F7O/c1-2-3-4-6-19-7-5-8-20(10-9-19)21-11-13-22(14-12-21)23-15-25(32)29(26(33)16-23)31(37,38)39-24-17-27(34)30(36)28(35)18-24/h15-22H,2-14H2,1H3. The van der Waals surface area contributed by atoms with Crippen LogP contribution in [0.25, 0.3) is 0 Å². The molecule has 2 aromatic rings. The fourth-order valence-electron chi connectivity index (χ4n) is 6.67. The zero-order valence-electron chi connectivity index (χ0n) is 22.4. The molecule has 0 bridgehead atoms. The molecule has 39 heavy (non-hydrogen) atoms. The van der Waals surface area contributed by atoms with E-state index in [4.69, 9.17) is 0 Å². The zero-order chi connectivity index (χ0) is 28.2. The van der Waals surface area contributed by atoms with Gasteiger partial charge in [-0.1, -0.05) is 58.3 Å². The molecule has 216 valence electrons. The number of benzene rings is 2. The Balaban J connectivity index is 1.37. The summed E-state index contributed by atoms with van der Waals surface area (Å²) in [6.45, 7) is 2.23. The highest BCUT2D eigenvalue weighted by Crippen LogP contribution is 2.45. The van der Waals surface area contributed by atoms with Crippen LogP contribution in [0.4, 0.5) is 30.7 Å². The summed E-state index contributed by atoms with van der Waals surface area (Å²) in [6, 6.07) is 2.18. The fourth-order valence-corrected chi connectivity index (χ4v) is 6.67. The second kappa shape index (κ2) is 12.9. The highest BCUT2D eigenvalue weighted by atomic mass is 19.3. The van der Waals surface area contributed by atoms with Crippen LogP contribution in [0.1, 0.15) is 107 Å². The summed E-state index contributed by atoms with van der Waals surface area (Å²) in [4.78, 5) is 0. The Morgan fingerprint density at radius 2 is 1.31 bits per heavy atom. The minimum atomic E-state index is -4.57. The zero-order valence-corrected chi connectivity index (χ0v) is 22.4. The normalized spacial score (nSPS) is 24.4. The van der Waals surface area contributed by atoms with Crippen LogP contribution >= 0.6 is 0 Å². The number of halogens is 7. The summed E-state index contributed by atoms with van der Waals surface area (Å²) < 4.78 is 103. The number of alkyl halides is 2. The van der Waals surface area contributed by atoms with Crippen LogP contribution < -0.4 is 4.74 Å². The van der Waals surface area contributed by atoms with E-state index < -0.39 is 46.5 Å². The minimum Gasteiger partial charge on any atom is -0.429 e. The third-order valence-corrected chi connectivity index (χ3v) is 8.82. The minimum absolute atomic E-state index is 0.137. The predicted molar refractivity (Wildman–Crippen MR) is 136 cm³/mol. The van der Waals surface area contributed by atoms with E-state index in [2.05, 4.69) is 11.7 Å². The molecular weight excluding hydrogens is 521 g/mol. The van der Waals surface area contributed by atoms with E-state index in [0.717, 1.165) is 43.7 Å². The third-order valence-electron chi connectivity index (χ3n) is 8.82. The van der Waals surface area contributed by atoms with Crippen molar-refractivity contribution in [1.29, 1.82) is 0 Å². The van der Waals surface area contributed by atoms with Crippen LogP contribution in [-0.2, 0) is 6.11 Å². The fraction of sp³-hybridized carbons (Fsp3) is 0.613. The number of ether oxygens (including phenoxy) is 1. The molecule has 2 aliphatic rings. The molecule has 0 amide bonds. The van der Waals surface area contributed by atoms with Gasteiger partial charge in [0.2, 0.25) is 0 Å². The van der Waals surface area contributed by atoms with Crippen molar-refractivity contribution in [3.63, 3.8) is 0 Å². The first-order valence-electron chi connectivity index (χ1n) is 14.3. The smallest absolute Gasteiger partial charge is 0.429 e. The van der Waals surface area contributed by atoms with Crippen molar-refractivity contribution < 1.29 is 35.5 Å². The van der Waals surface area contributed by atoms with Gasteiger partial charge in [0.05, 0.1) is 0 Å². The maximum absolute atomic E-state index is 14.8. The summed E-state index contributed by atoms with van der Waals surface area (Å²) in [5.41, 5.74) is -1.34. The molecule has 0 aliphatic heterocycles. The van der Waals surface area contributed by atoms with Crippen molar-refractivity contribution in [2.24, 2.45) is 17.8 Å². The molecule has 0 N–H and O–H groups in total. The molecule has 2 saturated carbocycles. The molecule has 2 aromatic carbocycles. The van der Waals surface area contributed by atoms with Gasteiger partial charge in [0.25, 0.3) is 0 Å². The summed E-state index contributed by atoms with van der Waals surface area (Å²) in [5, 5.41) is 0. The number of hydrogen-bond acceptors (Lipinski definition) is 1. The molecule has 0 radical (unpaired) electrons. The van der Waals surface area contributed by atoms with E-state index in [1.807, 2.05) is 0 Å². The Kier molecular flexibility index (Phi) is 9.87. The van der Waals surface area contributed by atoms with E-state index in [0.29, 0.717) is 17.4 Å². The molecule has 4 rings (SSSR count). The lowest BCUT2D eigenvalue weighted by Gasteiger charge is -2.34. The molecule has 1 nitrogen and oxygen atoms in total. The van der Waals surface area contributed by atoms with Crippen LogP contribution in [0, 0.1) is 46.8 Å². The van der Waals surface area contributed by atoms with Crippen LogP contribution in [0.3, 0.4) is 0 Å². The van der Waals surface area contributed by atoms with Crippen molar-refractivity contribution in [2.75, 3.05) is 0 Å². The Bertz CT molecular complexity index is 1060.